The number of anilines is 1. The molecule has 1 saturated heterocycles. The smallest absolute Gasteiger partial charge is 0.0762 e. The van der Waals surface area contributed by atoms with Gasteiger partial charge in [-0.05, 0) is 51.1 Å². The molecule has 1 aromatic carbocycles. The van der Waals surface area contributed by atoms with Crippen LogP contribution in [-0.2, 0) is 0 Å². The lowest BCUT2D eigenvalue weighted by Gasteiger charge is -2.37. The number of rotatable bonds is 3. The summed E-state index contributed by atoms with van der Waals surface area (Å²) >= 11 is 6.36. The third-order valence-corrected chi connectivity index (χ3v) is 4.28. The number of halogens is 1. The van der Waals surface area contributed by atoms with Crippen LogP contribution in [0.5, 0.6) is 0 Å². The molecule has 19 heavy (non-hydrogen) atoms. The highest BCUT2D eigenvalue weighted by atomic mass is 35.5. The van der Waals surface area contributed by atoms with Crippen molar-refractivity contribution in [2.75, 3.05) is 32.1 Å². The fraction of sp³-hybridized carbons (Fsp3) is 0.600. The predicted molar refractivity (Wildman–Crippen MR) is 81.0 cm³/mol. The maximum absolute atomic E-state index is 9.58. The number of nitrogens with zero attached hydrogens (tertiary/aromatic N) is 2. The van der Waals surface area contributed by atoms with E-state index in [1.165, 1.54) is 19.4 Å². The van der Waals surface area contributed by atoms with Crippen LogP contribution in [0.3, 0.4) is 0 Å². The zero-order chi connectivity index (χ0) is 14.0. The van der Waals surface area contributed by atoms with Crippen molar-refractivity contribution in [1.82, 2.24) is 4.90 Å². The molecule has 2 unspecified atom stereocenters. The fourth-order valence-electron chi connectivity index (χ4n) is 2.72. The maximum Gasteiger partial charge on any atom is 0.0762 e. The van der Waals surface area contributed by atoms with Gasteiger partial charge in [0.25, 0.3) is 0 Å². The quantitative estimate of drug-likeness (QED) is 0.923. The van der Waals surface area contributed by atoms with Crippen LogP contribution in [0.25, 0.3) is 0 Å². The SMILES string of the molecule is CC(O)c1ccc(N(C)C2CCCN(C)C2)c(Cl)c1. The van der Waals surface area contributed by atoms with E-state index in [2.05, 4.69) is 23.9 Å². The highest BCUT2D eigenvalue weighted by Crippen LogP contribution is 2.31. The third kappa shape index (κ3) is 3.41. The molecule has 0 aliphatic carbocycles. The van der Waals surface area contributed by atoms with Crippen molar-refractivity contribution >= 4 is 17.3 Å². The minimum atomic E-state index is -0.474. The lowest BCUT2D eigenvalue weighted by atomic mass is 10.0. The normalized spacial score (nSPS) is 22.3. The molecule has 0 aromatic heterocycles. The lowest BCUT2D eigenvalue weighted by molar-refractivity contribution is 0.199. The zero-order valence-corrected chi connectivity index (χ0v) is 12.7. The van der Waals surface area contributed by atoms with Gasteiger partial charge in [-0.25, -0.2) is 0 Å². The largest absolute Gasteiger partial charge is 0.389 e. The number of aliphatic hydroxyl groups is 1. The van der Waals surface area contributed by atoms with Gasteiger partial charge in [0.2, 0.25) is 0 Å². The third-order valence-electron chi connectivity index (χ3n) is 3.98. The van der Waals surface area contributed by atoms with Gasteiger partial charge in [-0.1, -0.05) is 17.7 Å². The minimum Gasteiger partial charge on any atom is -0.389 e. The Morgan fingerprint density at radius 1 is 1.47 bits per heavy atom. The Bertz CT molecular complexity index is 436. The van der Waals surface area contributed by atoms with Crippen molar-refractivity contribution in [2.45, 2.75) is 31.9 Å². The first-order chi connectivity index (χ1) is 8.99. The van der Waals surface area contributed by atoms with Gasteiger partial charge in [0.15, 0.2) is 0 Å². The molecule has 1 aliphatic rings. The second kappa shape index (κ2) is 6.12. The molecule has 0 saturated carbocycles. The van der Waals surface area contributed by atoms with Crippen molar-refractivity contribution in [3.05, 3.63) is 28.8 Å². The van der Waals surface area contributed by atoms with Crippen LogP contribution in [0, 0.1) is 0 Å². The van der Waals surface area contributed by atoms with Crippen molar-refractivity contribution in [1.29, 1.82) is 0 Å². The molecule has 2 atom stereocenters. The molecule has 3 nitrogen and oxygen atoms in total. The highest BCUT2D eigenvalue weighted by molar-refractivity contribution is 6.33. The summed E-state index contributed by atoms with van der Waals surface area (Å²) in [6.45, 7) is 4.01. The van der Waals surface area contributed by atoms with E-state index in [0.29, 0.717) is 11.1 Å². The van der Waals surface area contributed by atoms with Gasteiger partial charge >= 0.3 is 0 Å². The number of likely N-dealkylation sites (tertiary alicyclic amines) is 1. The molecule has 1 fully saturated rings. The topological polar surface area (TPSA) is 26.7 Å². The van der Waals surface area contributed by atoms with Crippen molar-refractivity contribution in [2.24, 2.45) is 0 Å². The van der Waals surface area contributed by atoms with E-state index in [-0.39, 0.29) is 0 Å². The Hall–Kier alpha value is -0.770. The Morgan fingerprint density at radius 2 is 2.21 bits per heavy atom. The molecule has 0 spiro atoms. The van der Waals surface area contributed by atoms with Crippen molar-refractivity contribution in [3.63, 3.8) is 0 Å². The first-order valence-corrected chi connectivity index (χ1v) is 7.25. The van der Waals surface area contributed by atoms with E-state index in [1.807, 2.05) is 18.2 Å². The van der Waals surface area contributed by atoms with Crippen LogP contribution in [-0.4, -0.2) is 43.2 Å². The van der Waals surface area contributed by atoms with Crippen LogP contribution in [0.15, 0.2) is 18.2 Å². The summed E-state index contributed by atoms with van der Waals surface area (Å²) in [5.41, 5.74) is 1.91. The van der Waals surface area contributed by atoms with Gasteiger partial charge in [0, 0.05) is 19.6 Å². The van der Waals surface area contributed by atoms with Crippen LogP contribution in [0.1, 0.15) is 31.4 Å². The van der Waals surface area contributed by atoms with Gasteiger partial charge in [0.05, 0.1) is 16.8 Å². The molecule has 106 valence electrons. The number of benzene rings is 1. The van der Waals surface area contributed by atoms with Crippen LogP contribution in [0.2, 0.25) is 5.02 Å². The standard InChI is InChI=1S/C15H23ClN2O/c1-11(19)12-6-7-15(14(16)9-12)18(3)13-5-4-8-17(2)10-13/h6-7,9,11,13,19H,4-5,8,10H2,1-3H3. The van der Waals surface area contributed by atoms with Gasteiger partial charge in [-0.2, -0.15) is 0 Å². The number of likely N-dealkylation sites (N-methyl/N-ethyl adjacent to an activating group) is 2. The molecule has 1 heterocycles. The van der Waals surface area contributed by atoms with Gasteiger partial charge in [0.1, 0.15) is 0 Å². The van der Waals surface area contributed by atoms with Crippen LogP contribution in [0.4, 0.5) is 5.69 Å². The fourth-order valence-corrected chi connectivity index (χ4v) is 3.04. The minimum absolute atomic E-state index is 0.474. The van der Waals surface area contributed by atoms with Crippen LogP contribution >= 0.6 is 11.6 Å². The average molecular weight is 283 g/mol. The predicted octanol–water partition coefficient (Wildman–Crippen LogP) is 2.92. The Labute approximate surface area is 120 Å². The van der Waals surface area contributed by atoms with E-state index in [0.717, 1.165) is 17.8 Å². The lowest BCUT2D eigenvalue weighted by Crippen LogP contribution is -2.45. The Kier molecular flexibility index (Phi) is 4.71. The monoisotopic (exact) mass is 282 g/mol. The molecule has 4 heteroatoms. The molecule has 1 aromatic rings. The number of hydrogen-bond donors (Lipinski definition) is 1. The second-order valence-electron chi connectivity index (χ2n) is 5.56. The van der Waals surface area contributed by atoms with Gasteiger partial charge in [-0.15, -0.1) is 0 Å². The number of aliphatic hydroxyl groups excluding tert-OH is 1. The summed E-state index contributed by atoms with van der Waals surface area (Å²) in [5, 5.41) is 10.3. The molecular formula is C15H23ClN2O. The van der Waals surface area contributed by atoms with E-state index < -0.39 is 6.10 Å². The molecule has 0 amide bonds. The summed E-state index contributed by atoms with van der Waals surface area (Å²) in [7, 11) is 4.27. The molecular weight excluding hydrogens is 260 g/mol. The maximum atomic E-state index is 9.58. The molecule has 1 N–H and O–H groups in total. The highest BCUT2D eigenvalue weighted by Gasteiger charge is 2.22. The molecule has 0 bridgehead atoms. The Morgan fingerprint density at radius 3 is 2.79 bits per heavy atom. The van der Waals surface area contributed by atoms with Crippen molar-refractivity contribution < 1.29 is 5.11 Å². The summed E-state index contributed by atoms with van der Waals surface area (Å²) in [5.74, 6) is 0. The van der Waals surface area contributed by atoms with Gasteiger partial charge in [-0.3, -0.25) is 0 Å². The van der Waals surface area contributed by atoms with E-state index in [1.54, 1.807) is 6.92 Å². The number of hydrogen-bond acceptors (Lipinski definition) is 3. The van der Waals surface area contributed by atoms with E-state index in [9.17, 15) is 5.11 Å². The summed E-state index contributed by atoms with van der Waals surface area (Å²) in [4.78, 5) is 4.63. The summed E-state index contributed by atoms with van der Waals surface area (Å²) < 4.78 is 0. The average Bonchev–Trinajstić information content (AvgIpc) is 2.37. The zero-order valence-electron chi connectivity index (χ0n) is 11.9. The summed E-state index contributed by atoms with van der Waals surface area (Å²) in [6.07, 6.45) is 1.96. The summed E-state index contributed by atoms with van der Waals surface area (Å²) in [6, 6.07) is 6.34. The van der Waals surface area contributed by atoms with E-state index in [4.69, 9.17) is 11.6 Å². The molecule has 1 aliphatic heterocycles. The molecule has 2 rings (SSSR count). The first kappa shape index (κ1) is 14.6. The second-order valence-corrected chi connectivity index (χ2v) is 5.96. The number of piperidine rings is 1. The Balaban J connectivity index is 2.16. The first-order valence-electron chi connectivity index (χ1n) is 6.88. The van der Waals surface area contributed by atoms with Crippen LogP contribution < -0.4 is 4.90 Å². The van der Waals surface area contributed by atoms with Gasteiger partial charge < -0.3 is 14.9 Å². The molecule has 0 radical (unpaired) electrons. The van der Waals surface area contributed by atoms with Crippen molar-refractivity contribution in [3.8, 4) is 0 Å². The van der Waals surface area contributed by atoms with E-state index >= 15 is 0 Å².